The number of benzene rings is 1. The lowest BCUT2D eigenvalue weighted by atomic mass is 9.49. The first kappa shape index (κ1) is 21.4. The van der Waals surface area contributed by atoms with E-state index in [-0.39, 0.29) is 23.0 Å². The molecule has 2 amide bonds. The summed E-state index contributed by atoms with van der Waals surface area (Å²) in [6.45, 7) is 3.84. The first-order valence-corrected chi connectivity index (χ1v) is 12.5. The molecule has 0 spiro atoms. The Morgan fingerprint density at radius 3 is 2.09 bits per heavy atom. The number of anilines is 2. The minimum absolute atomic E-state index is 0.123. The van der Waals surface area contributed by atoms with E-state index in [1.807, 2.05) is 44.2 Å². The lowest BCUT2D eigenvalue weighted by molar-refractivity contribution is -0.140. The molecule has 2 aromatic rings. The lowest BCUT2D eigenvalue weighted by Gasteiger charge is -2.55. The number of hydrogen-bond donors (Lipinski definition) is 2. The number of rotatable bonds is 6. The number of aryl methyl sites for hydroxylation is 2. The standard InChI is InChI=1S/C25H30N4O2S/c1-15-6-16(2)27-24(26-15)32-14-22(30)28-20-4-3-5-21(10-20)29-23(31)25-11-17-7-18(12-25)9-19(8-17)13-25/h3-6,10,17-19H,7-9,11-14H2,1-2H3,(H,28,30)(H,29,31). The van der Waals surface area contributed by atoms with Gasteiger partial charge in [0.1, 0.15) is 0 Å². The number of carbonyl (C=O) groups is 2. The number of thioether (sulfide) groups is 1. The van der Waals surface area contributed by atoms with Gasteiger partial charge in [0, 0.05) is 22.8 Å². The summed E-state index contributed by atoms with van der Waals surface area (Å²) in [6, 6.07) is 9.36. The van der Waals surface area contributed by atoms with Crippen LogP contribution < -0.4 is 10.6 Å². The minimum atomic E-state index is -0.184. The number of nitrogens with one attached hydrogen (secondary N) is 2. The average molecular weight is 451 g/mol. The van der Waals surface area contributed by atoms with Gasteiger partial charge in [0.2, 0.25) is 11.8 Å². The largest absolute Gasteiger partial charge is 0.326 e. The van der Waals surface area contributed by atoms with E-state index in [1.54, 1.807) is 0 Å². The molecule has 32 heavy (non-hydrogen) atoms. The van der Waals surface area contributed by atoms with Crippen LogP contribution in [0.5, 0.6) is 0 Å². The van der Waals surface area contributed by atoms with E-state index < -0.39 is 0 Å². The Balaban J connectivity index is 1.19. The van der Waals surface area contributed by atoms with Gasteiger partial charge in [-0.3, -0.25) is 9.59 Å². The molecule has 1 heterocycles. The van der Waals surface area contributed by atoms with Crippen LogP contribution in [0.4, 0.5) is 11.4 Å². The topological polar surface area (TPSA) is 84.0 Å². The lowest BCUT2D eigenvalue weighted by Crippen LogP contribution is -2.51. The van der Waals surface area contributed by atoms with Crippen molar-refractivity contribution >= 4 is 35.0 Å². The average Bonchev–Trinajstić information content (AvgIpc) is 2.71. The van der Waals surface area contributed by atoms with Crippen LogP contribution in [-0.2, 0) is 9.59 Å². The van der Waals surface area contributed by atoms with Gasteiger partial charge in [-0.2, -0.15) is 0 Å². The molecule has 0 unspecified atom stereocenters. The van der Waals surface area contributed by atoms with Crippen LogP contribution in [-0.4, -0.2) is 27.5 Å². The number of aromatic nitrogens is 2. The molecule has 4 fully saturated rings. The van der Waals surface area contributed by atoms with E-state index in [9.17, 15) is 9.59 Å². The third-order valence-electron chi connectivity index (χ3n) is 7.22. The van der Waals surface area contributed by atoms with Crippen molar-refractivity contribution in [3.05, 3.63) is 41.7 Å². The highest BCUT2D eigenvalue weighted by molar-refractivity contribution is 7.99. The van der Waals surface area contributed by atoms with E-state index in [1.165, 1.54) is 31.0 Å². The summed E-state index contributed by atoms with van der Waals surface area (Å²) in [6.07, 6.45) is 7.08. The van der Waals surface area contributed by atoms with Crippen molar-refractivity contribution < 1.29 is 9.59 Å². The first-order valence-electron chi connectivity index (χ1n) is 11.5. The molecular weight excluding hydrogens is 420 g/mol. The zero-order valence-corrected chi connectivity index (χ0v) is 19.5. The molecule has 4 aliphatic rings. The third kappa shape index (κ3) is 4.53. The van der Waals surface area contributed by atoms with Crippen LogP contribution in [0.1, 0.15) is 49.9 Å². The Morgan fingerprint density at radius 2 is 1.50 bits per heavy atom. The maximum atomic E-state index is 13.3. The van der Waals surface area contributed by atoms with Crippen LogP contribution in [0.2, 0.25) is 0 Å². The smallest absolute Gasteiger partial charge is 0.234 e. The molecule has 0 aliphatic heterocycles. The van der Waals surface area contributed by atoms with Gasteiger partial charge in [0.05, 0.1) is 11.2 Å². The summed E-state index contributed by atoms with van der Waals surface area (Å²) in [4.78, 5) is 34.5. The predicted molar refractivity (Wildman–Crippen MR) is 127 cm³/mol. The van der Waals surface area contributed by atoms with Crippen molar-refractivity contribution in [2.45, 2.75) is 57.5 Å². The molecular formula is C25H30N4O2S. The van der Waals surface area contributed by atoms with Gasteiger partial charge in [-0.15, -0.1) is 0 Å². The van der Waals surface area contributed by atoms with Crippen LogP contribution in [0.3, 0.4) is 0 Å². The van der Waals surface area contributed by atoms with Gasteiger partial charge in [-0.05, 0) is 94.4 Å². The van der Waals surface area contributed by atoms with Crippen molar-refractivity contribution in [1.82, 2.24) is 9.97 Å². The van der Waals surface area contributed by atoms with Crippen LogP contribution in [0.15, 0.2) is 35.5 Å². The fourth-order valence-corrected chi connectivity index (χ4v) is 7.16. The Labute approximate surface area is 193 Å². The van der Waals surface area contributed by atoms with E-state index in [0.29, 0.717) is 10.8 Å². The quantitative estimate of drug-likeness (QED) is 0.479. The monoisotopic (exact) mass is 450 g/mol. The van der Waals surface area contributed by atoms with Crippen molar-refractivity contribution in [2.24, 2.45) is 23.2 Å². The molecule has 4 bridgehead atoms. The van der Waals surface area contributed by atoms with Crippen molar-refractivity contribution in [3.8, 4) is 0 Å². The second-order valence-corrected chi connectivity index (χ2v) is 10.9. The molecule has 168 valence electrons. The summed E-state index contributed by atoms with van der Waals surface area (Å²) < 4.78 is 0. The molecule has 6 nitrogen and oxygen atoms in total. The summed E-state index contributed by atoms with van der Waals surface area (Å²) in [5.41, 5.74) is 3.02. The van der Waals surface area contributed by atoms with Crippen LogP contribution in [0, 0.1) is 37.0 Å². The molecule has 0 saturated heterocycles. The maximum Gasteiger partial charge on any atom is 0.234 e. The first-order chi connectivity index (χ1) is 15.4. The SMILES string of the molecule is Cc1cc(C)nc(SCC(=O)Nc2cccc(NC(=O)C34CC5CC(CC(C5)C3)C4)c2)n1. The number of nitrogens with zero attached hydrogens (tertiary/aromatic N) is 2. The van der Waals surface area contributed by atoms with Gasteiger partial charge < -0.3 is 10.6 Å². The Morgan fingerprint density at radius 1 is 0.938 bits per heavy atom. The second-order valence-electron chi connectivity index (χ2n) is 10.0. The van der Waals surface area contributed by atoms with Crippen molar-refractivity contribution in [1.29, 1.82) is 0 Å². The highest BCUT2D eigenvalue weighted by Gasteiger charge is 2.54. The number of carbonyl (C=O) groups excluding carboxylic acids is 2. The molecule has 1 aromatic carbocycles. The zero-order chi connectivity index (χ0) is 22.3. The Kier molecular flexibility index (Phi) is 5.70. The molecule has 6 rings (SSSR count). The van der Waals surface area contributed by atoms with Gasteiger partial charge in [-0.1, -0.05) is 17.8 Å². The maximum absolute atomic E-state index is 13.3. The summed E-state index contributed by atoms with van der Waals surface area (Å²) in [5, 5.41) is 6.70. The second kappa shape index (κ2) is 8.50. The van der Waals surface area contributed by atoms with E-state index in [0.717, 1.165) is 54.1 Å². The van der Waals surface area contributed by atoms with Crippen molar-refractivity contribution in [3.63, 3.8) is 0 Å². The van der Waals surface area contributed by atoms with Gasteiger partial charge in [0.15, 0.2) is 5.16 Å². The highest BCUT2D eigenvalue weighted by atomic mass is 32.2. The molecule has 0 atom stereocenters. The molecule has 4 aliphatic carbocycles. The summed E-state index contributed by atoms with van der Waals surface area (Å²) >= 11 is 1.32. The Bertz CT molecular complexity index is 998. The summed E-state index contributed by atoms with van der Waals surface area (Å²) in [7, 11) is 0. The van der Waals surface area contributed by atoms with Gasteiger partial charge in [0.25, 0.3) is 0 Å². The van der Waals surface area contributed by atoms with Crippen molar-refractivity contribution in [2.75, 3.05) is 16.4 Å². The number of amides is 2. The van der Waals surface area contributed by atoms with E-state index >= 15 is 0 Å². The molecule has 1 aromatic heterocycles. The van der Waals surface area contributed by atoms with E-state index in [2.05, 4.69) is 20.6 Å². The molecule has 7 heteroatoms. The fourth-order valence-electron chi connectivity index (χ4n) is 6.41. The summed E-state index contributed by atoms with van der Waals surface area (Å²) in [5.74, 6) is 2.47. The zero-order valence-electron chi connectivity index (χ0n) is 18.7. The van der Waals surface area contributed by atoms with Gasteiger partial charge in [-0.25, -0.2) is 9.97 Å². The fraction of sp³-hybridized carbons (Fsp3) is 0.520. The highest BCUT2D eigenvalue weighted by Crippen LogP contribution is 2.60. The van der Waals surface area contributed by atoms with Gasteiger partial charge >= 0.3 is 0 Å². The van der Waals surface area contributed by atoms with Crippen LogP contribution in [0.25, 0.3) is 0 Å². The molecule has 4 saturated carbocycles. The Hall–Kier alpha value is -2.41. The third-order valence-corrected chi connectivity index (χ3v) is 8.07. The normalized spacial score (nSPS) is 27.9. The minimum Gasteiger partial charge on any atom is -0.326 e. The molecule has 2 N–H and O–H groups in total. The number of hydrogen-bond acceptors (Lipinski definition) is 5. The molecule has 0 radical (unpaired) electrons. The van der Waals surface area contributed by atoms with Crippen LogP contribution >= 0.6 is 11.8 Å². The predicted octanol–water partition coefficient (Wildman–Crippen LogP) is 4.98. The van der Waals surface area contributed by atoms with E-state index in [4.69, 9.17) is 0 Å².